The molecule has 4 rings (SSSR count). The first-order valence-corrected chi connectivity index (χ1v) is 10.7. The Morgan fingerprint density at radius 1 is 1.06 bits per heavy atom. The van der Waals surface area contributed by atoms with Crippen molar-refractivity contribution in [3.05, 3.63) is 64.2 Å². The second-order valence-corrected chi connectivity index (χ2v) is 8.21. The number of aromatic nitrogens is 3. The zero-order chi connectivity index (χ0) is 22.0. The molecule has 1 aromatic heterocycles. The summed E-state index contributed by atoms with van der Waals surface area (Å²) in [6.45, 7) is 4.33. The van der Waals surface area contributed by atoms with Gasteiger partial charge < -0.3 is 14.5 Å². The van der Waals surface area contributed by atoms with Crippen LogP contribution in [0.5, 0.6) is 5.75 Å². The standard InChI is InChI=1S/C22H23Cl2N5O2/c1-15-25-14-29(26-15)20-6-4-17(12-21(20)31-2)27-8-7-22(30)28(10-9-27)13-16-3-5-18(23)19(24)11-16/h3-6,11-12,14H,7-10,13H2,1-2H3. The number of nitrogens with zero attached hydrogens (tertiary/aromatic N) is 5. The van der Waals surface area contributed by atoms with Crippen LogP contribution < -0.4 is 9.64 Å². The monoisotopic (exact) mass is 459 g/mol. The van der Waals surface area contributed by atoms with Crippen molar-refractivity contribution in [2.24, 2.45) is 0 Å². The molecule has 2 aromatic carbocycles. The van der Waals surface area contributed by atoms with Crippen LogP contribution in [0.3, 0.4) is 0 Å². The molecule has 1 aliphatic rings. The van der Waals surface area contributed by atoms with Crippen molar-refractivity contribution in [3.63, 3.8) is 0 Å². The lowest BCUT2D eigenvalue weighted by Gasteiger charge is -2.24. The van der Waals surface area contributed by atoms with Crippen molar-refractivity contribution in [3.8, 4) is 11.4 Å². The summed E-state index contributed by atoms with van der Waals surface area (Å²) in [5.41, 5.74) is 2.78. The molecule has 1 aliphatic heterocycles. The molecule has 0 atom stereocenters. The third-order valence-corrected chi connectivity index (χ3v) is 6.07. The molecule has 1 fully saturated rings. The first kappa shape index (κ1) is 21.5. The van der Waals surface area contributed by atoms with E-state index in [0.717, 1.165) is 23.5 Å². The summed E-state index contributed by atoms with van der Waals surface area (Å²) in [5, 5.41) is 5.37. The predicted molar refractivity (Wildman–Crippen MR) is 121 cm³/mol. The van der Waals surface area contributed by atoms with E-state index in [1.807, 2.05) is 42.2 Å². The first-order chi connectivity index (χ1) is 14.9. The van der Waals surface area contributed by atoms with Crippen LogP contribution in [-0.2, 0) is 11.3 Å². The lowest BCUT2D eigenvalue weighted by molar-refractivity contribution is -0.130. The summed E-state index contributed by atoms with van der Waals surface area (Å²) in [4.78, 5) is 21.0. The number of amides is 1. The van der Waals surface area contributed by atoms with Crippen LogP contribution in [0.15, 0.2) is 42.7 Å². The third kappa shape index (κ3) is 4.78. The molecule has 3 aromatic rings. The number of rotatable bonds is 5. The van der Waals surface area contributed by atoms with Gasteiger partial charge in [0.25, 0.3) is 0 Å². The highest BCUT2D eigenvalue weighted by atomic mass is 35.5. The Morgan fingerprint density at radius 3 is 2.61 bits per heavy atom. The third-order valence-electron chi connectivity index (χ3n) is 5.33. The fourth-order valence-corrected chi connectivity index (χ4v) is 3.99. The molecule has 162 valence electrons. The summed E-state index contributed by atoms with van der Waals surface area (Å²) in [6.07, 6.45) is 2.10. The van der Waals surface area contributed by atoms with Crippen LogP contribution >= 0.6 is 23.2 Å². The minimum absolute atomic E-state index is 0.121. The largest absolute Gasteiger partial charge is 0.494 e. The van der Waals surface area contributed by atoms with Crippen molar-refractivity contribution in [1.29, 1.82) is 0 Å². The van der Waals surface area contributed by atoms with E-state index in [9.17, 15) is 4.79 Å². The second-order valence-electron chi connectivity index (χ2n) is 7.39. The molecule has 0 spiro atoms. The van der Waals surface area contributed by atoms with Crippen LogP contribution in [0, 0.1) is 6.92 Å². The highest BCUT2D eigenvalue weighted by molar-refractivity contribution is 6.42. The number of ether oxygens (including phenoxy) is 1. The molecular formula is C22H23Cl2N5O2. The van der Waals surface area contributed by atoms with Crippen LogP contribution in [0.25, 0.3) is 5.69 Å². The van der Waals surface area contributed by atoms with E-state index < -0.39 is 0 Å². The molecule has 0 unspecified atom stereocenters. The molecule has 0 bridgehead atoms. The molecule has 1 amide bonds. The normalized spacial score (nSPS) is 14.6. The molecular weight excluding hydrogens is 437 g/mol. The van der Waals surface area contributed by atoms with E-state index in [4.69, 9.17) is 27.9 Å². The molecule has 0 aliphatic carbocycles. The quantitative estimate of drug-likeness (QED) is 0.573. The zero-order valence-electron chi connectivity index (χ0n) is 17.4. The smallest absolute Gasteiger partial charge is 0.224 e. The Balaban J connectivity index is 1.50. The second kappa shape index (κ2) is 9.16. The Bertz CT molecular complexity index is 1100. The van der Waals surface area contributed by atoms with Gasteiger partial charge in [-0.05, 0) is 36.8 Å². The summed E-state index contributed by atoms with van der Waals surface area (Å²) in [5.74, 6) is 1.51. The summed E-state index contributed by atoms with van der Waals surface area (Å²) in [6, 6.07) is 11.4. The van der Waals surface area contributed by atoms with Crippen molar-refractivity contribution in [1.82, 2.24) is 19.7 Å². The Kier molecular flexibility index (Phi) is 6.34. The molecule has 9 heteroatoms. The topological polar surface area (TPSA) is 63.5 Å². The van der Waals surface area contributed by atoms with Crippen molar-refractivity contribution in [2.45, 2.75) is 19.9 Å². The predicted octanol–water partition coefficient (Wildman–Crippen LogP) is 4.13. The minimum Gasteiger partial charge on any atom is -0.494 e. The molecule has 2 heterocycles. The van der Waals surface area contributed by atoms with Gasteiger partial charge in [-0.1, -0.05) is 29.3 Å². The molecule has 31 heavy (non-hydrogen) atoms. The van der Waals surface area contributed by atoms with Crippen LogP contribution in [0.2, 0.25) is 10.0 Å². The number of hydrogen-bond acceptors (Lipinski definition) is 5. The number of aryl methyl sites for hydroxylation is 1. The zero-order valence-corrected chi connectivity index (χ0v) is 18.9. The highest BCUT2D eigenvalue weighted by Gasteiger charge is 2.22. The molecule has 0 N–H and O–H groups in total. The van der Waals surface area contributed by atoms with E-state index in [1.54, 1.807) is 24.2 Å². The molecule has 0 saturated carbocycles. The molecule has 0 radical (unpaired) electrons. The number of methoxy groups -OCH3 is 1. The number of anilines is 1. The fourth-order valence-electron chi connectivity index (χ4n) is 3.66. The number of carbonyl (C=O) groups excluding carboxylic acids is 1. The number of hydrogen-bond donors (Lipinski definition) is 0. The minimum atomic E-state index is 0.121. The van der Waals surface area contributed by atoms with Gasteiger partial charge in [-0.25, -0.2) is 9.67 Å². The van der Waals surface area contributed by atoms with E-state index >= 15 is 0 Å². The highest BCUT2D eigenvalue weighted by Crippen LogP contribution is 2.29. The Labute approximate surface area is 191 Å². The van der Waals surface area contributed by atoms with Gasteiger partial charge in [-0.2, -0.15) is 5.10 Å². The average Bonchev–Trinajstić information content (AvgIpc) is 3.12. The lowest BCUT2D eigenvalue weighted by atomic mass is 10.2. The maximum atomic E-state index is 12.7. The van der Waals surface area contributed by atoms with E-state index in [1.165, 1.54) is 0 Å². The van der Waals surface area contributed by atoms with Gasteiger partial charge in [0.05, 0.1) is 17.2 Å². The Morgan fingerprint density at radius 2 is 1.90 bits per heavy atom. The lowest BCUT2D eigenvalue weighted by Crippen LogP contribution is -2.32. The van der Waals surface area contributed by atoms with Crippen LogP contribution in [0.4, 0.5) is 5.69 Å². The fraction of sp³-hybridized carbons (Fsp3) is 0.318. The van der Waals surface area contributed by atoms with Crippen molar-refractivity contribution in [2.75, 3.05) is 31.6 Å². The Hall–Kier alpha value is -2.77. The van der Waals surface area contributed by atoms with E-state index in [-0.39, 0.29) is 5.91 Å². The average molecular weight is 460 g/mol. The van der Waals surface area contributed by atoms with Gasteiger partial charge in [0.15, 0.2) is 0 Å². The van der Waals surface area contributed by atoms with E-state index in [2.05, 4.69) is 15.0 Å². The van der Waals surface area contributed by atoms with Gasteiger partial charge in [-0.15, -0.1) is 0 Å². The van der Waals surface area contributed by atoms with Gasteiger partial charge in [-0.3, -0.25) is 4.79 Å². The van der Waals surface area contributed by atoms with Gasteiger partial charge in [0.1, 0.15) is 23.6 Å². The number of halogens is 2. The summed E-state index contributed by atoms with van der Waals surface area (Å²) < 4.78 is 7.30. The van der Waals surface area contributed by atoms with Crippen LogP contribution in [-0.4, -0.2) is 52.3 Å². The van der Waals surface area contributed by atoms with Gasteiger partial charge >= 0.3 is 0 Å². The van der Waals surface area contributed by atoms with Gasteiger partial charge in [0.2, 0.25) is 5.91 Å². The van der Waals surface area contributed by atoms with Crippen molar-refractivity contribution >= 4 is 34.8 Å². The summed E-state index contributed by atoms with van der Waals surface area (Å²) >= 11 is 12.1. The SMILES string of the molecule is COc1cc(N2CCC(=O)N(Cc3ccc(Cl)c(Cl)c3)CC2)ccc1-n1cnc(C)n1. The maximum Gasteiger partial charge on any atom is 0.224 e. The van der Waals surface area contributed by atoms with Crippen LogP contribution in [0.1, 0.15) is 17.8 Å². The van der Waals surface area contributed by atoms with Gasteiger partial charge in [0, 0.05) is 44.4 Å². The van der Waals surface area contributed by atoms with Crippen molar-refractivity contribution < 1.29 is 9.53 Å². The molecule has 1 saturated heterocycles. The first-order valence-electron chi connectivity index (χ1n) is 9.98. The number of benzene rings is 2. The number of carbonyl (C=O) groups is 1. The summed E-state index contributed by atoms with van der Waals surface area (Å²) in [7, 11) is 1.64. The van der Waals surface area contributed by atoms with E-state index in [0.29, 0.717) is 47.7 Å². The maximum absolute atomic E-state index is 12.7. The molecule has 7 nitrogen and oxygen atoms in total.